The first-order valence-corrected chi connectivity index (χ1v) is 6.58. The Morgan fingerprint density at radius 3 is 2.48 bits per heavy atom. The van der Waals surface area contributed by atoms with Crippen LogP contribution < -0.4 is 5.73 Å². The van der Waals surface area contributed by atoms with Crippen molar-refractivity contribution >= 4 is 5.97 Å². The fraction of sp³-hybridized carbons (Fsp3) is 0.250. The molecule has 1 aromatic heterocycles. The molecule has 21 heavy (non-hydrogen) atoms. The van der Waals surface area contributed by atoms with Crippen molar-refractivity contribution in [2.24, 2.45) is 5.73 Å². The third-order valence-corrected chi connectivity index (χ3v) is 3.37. The van der Waals surface area contributed by atoms with Gasteiger partial charge in [0.1, 0.15) is 5.82 Å². The molecular weight excluding hydrogens is 271 g/mol. The number of nitrogens with zero attached hydrogens (tertiary/aromatic N) is 1. The Labute approximate surface area is 122 Å². The zero-order valence-electron chi connectivity index (χ0n) is 11.9. The van der Waals surface area contributed by atoms with Gasteiger partial charge in [0, 0.05) is 24.0 Å². The predicted molar refractivity (Wildman–Crippen MR) is 78.3 cm³/mol. The summed E-state index contributed by atoms with van der Waals surface area (Å²) >= 11 is 0. The maximum absolute atomic E-state index is 13.4. The molecule has 0 fully saturated rings. The zero-order chi connectivity index (χ0) is 15.6. The fourth-order valence-electron chi connectivity index (χ4n) is 2.47. The van der Waals surface area contributed by atoms with Gasteiger partial charge in [-0.05, 0) is 54.3 Å². The number of rotatable bonds is 4. The predicted octanol–water partition coefficient (Wildman–Crippen LogP) is 2.98. The summed E-state index contributed by atoms with van der Waals surface area (Å²) in [7, 11) is 0. The number of nitrogens with two attached hydrogens (primary N) is 1. The van der Waals surface area contributed by atoms with E-state index in [0.717, 1.165) is 22.3 Å². The minimum atomic E-state index is -0.956. The Morgan fingerprint density at radius 1 is 1.29 bits per heavy atom. The maximum atomic E-state index is 13.4. The molecule has 110 valence electrons. The van der Waals surface area contributed by atoms with Gasteiger partial charge in [-0.3, -0.25) is 9.78 Å². The molecule has 0 bridgehead atoms. The number of carboxylic acid groups (broad SMARTS) is 1. The third kappa shape index (κ3) is 3.44. The van der Waals surface area contributed by atoms with Crippen LogP contribution in [0.25, 0.3) is 11.1 Å². The number of aliphatic carboxylic acids is 1. The molecule has 1 atom stereocenters. The van der Waals surface area contributed by atoms with Crippen molar-refractivity contribution in [3.05, 3.63) is 53.1 Å². The van der Waals surface area contributed by atoms with Gasteiger partial charge in [-0.1, -0.05) is 0 Å². The Bertz CT molecular complexity index is 663. The second-order valence-corrected chi connectivity index (χ2v) is 5.13. The molecule has 0 saturated heterocycles. The van der Waals surface area contributed by atoms with Crippen LogP contribution in [0.1, 0.15) is 29.2 Å². The van der Waals surface area contributed by atoms with Crippen LogP contribution in [0.5, 0.6) is 0 Å². The molecule has 0 saturated carbocycles. The lowest BCUT2D eigenvalue weighted by Gasteiger charge is -2.14. The van der Waals surface area contributed by atoms with Crippen molar-refractivity contribution in [3.8, 4) is 11.1 Å². The van der Waals surface area contributed by atoms with Crippen LogP contribution >= 0.6 is 0 Å². The first-order chi connectivity index (χ1) is 9.88. The second-order valence-electron chi connectivity index (χ2n) is 5.13. The first-order valence-electron chi connectivity index (χ1n) is 6.58. The van der Waals surface area contributed by atoms with Gasteiger partial charge in [0.15, 0.2) is 0 Å². The topological polar surface area (TPSA) is 76.2 Å². The molecule has 1 aromatic carbocycles. The highest BCUT2D eigenvalue weighted by molar-refractivity contribution is 5.71. The maximum Gasteiger partial charge on any atom is 0.305 e. The van der Waals surface area contributed by atoms with Crippen molar-refractivity contribution in [2.75, 3.05) is 0 Å². The number of hydrogen-bond donors (Lipinski definition) is 2. The van der Waals surface area contributed by atoms with E-state index in [1.807, 2.05) is 19.9 Å². The lowest BCUT2D eigenvalue weighted by Crippen LogP contribution is -2.15. The molecule has 0 radical (unpaired) electrons. The number of carbonyl (C=O) groups is 1. The van der Waals surface area contributed by atoms with Crippen molar-refractivity contribution in [2.45, 2.75) is 26.3 Å². The summed E-state index contributed by atoms with van der Waals surface area (Å²) in [6.07, 6.45) is 3.07. The molecule has 2 aromatic rings. The number of halogens is 1. The monoisotopic (exact) mass is 288 g/mol. The van der Waals surface area contributed by atoms with Crippen LogP contribution in [-0.2, 0) is 4.79 Å². The average Bonchev–Trinajstić information content (AvgIpc) is 2.37. The lowest BCUT2D eigenvalue weighted by molar-refractivity contribution is -0.137. The quantitative estimate of drug-likeness (QED) is 0.906. The van der Waals surface area contributed by atoms with E-state index in [4.69, 9.17) is 10.8 Å². The van der Waals surface area contributed by atoms with E-state index in [0.29, 0.717) is 5.56 Å². The summed E-state index contributed by atoms with van der Waals surface area (Å²) in [6, 6.07) is 4.13. The van der Waals surface area contributed by atoms with Gasteiger partial charge in [0.05, 0.1) is 6.42 Å². The van der Waals surface area contributed by atoms with Crippen LogP contribution in [0, 0.1) is 19.7 Å². The Balaban J connectivity index is 2.45. The normalized spacial score (nSPS) is 12.2. The van der Waals surface area contributed by atoms with Gasteiger partial charge >= 0.3 is 5.97 Å². The highest BCUT2D eigenvalue weighted by atomic mass is 19.1. The summed E-state index contributed by atoms with van der Waals surface area (Å²) in [6.45, 7) is 3.66. The van der Waals surface area contributed by atoms with Gasteiger partial charge in [-0.25, -0.2) is 4.39 Å². The molecule has 0 spiro atoms. The van der Waals surface area contributed by atoms with Crippen LogP contribution in [0.15, 0.2) is 30.6 Å². The van der Waals surface area contributed by atoms with E-state index < -0.39 is 12.0 Å². The van der Waals surface area contributed by atoms with E-state index in [9.17, 15) is 9.18 Å². The molecule has 0 amide bonds. The van der Waals surface area contributed by atoms with Crippen molar-refractivity contribution < 1.29 is 14.3 Å². The van der Waals surface area contributed by atoms with Crippen LogP contribution in [0.4, 0.5) is 4.39 Å². The standard InChI is InChI=1S/C16H17FN2O2/c1-9-3-13(17)4-10(2)16(9)12-5-11(7-19-8-12)14(18)6-15(20)21/h3-5,7-8,14H,6,18H2,1-2H3,(H,20,21). The second kappa shape index (κ2) is 6.01. The third-order valence-electron chi connectivity index (χ3n) is 3.37. The minimum Gasteiger partial charge on any atom is -0.481 e. The number of benzene rings is 1. The summed E-state index contributed by atoms with van der Waals surface area (Å²) < 4.78 is 13.4. The summed E-state index contributed by atoms with van der Waals surface area (Å²) in [5.74, 6) is -1.23. The number of aromatic nitrogens is 1. The molecular formula is C16H17FN2O2. The highest BCUT2D eigenvalue weighted by Crippen LogP contribution is 2.29. The first kappa shape index (κ1) is 15.1. The molecule has 0 aliphatic carbocycles. The molecule has 4 nitrogen and oxygen atoms in total. The zero-order valence-corrected chi connectivity index (χ0v) is 11.9. The molecule has 1 unspecified atom stereocenters. The Hall–Kier alpha value is -2.27. The van der Waals surface area contributed by atoms with Gasteiger partial charge in [-0.2, -0.15) is 0 Å². The molecule has 1 heterocycles. The molecule has 2 rings (SSSR count). The van der Waals surface area contributed by atoms with Crippen LogP contribution in [0.2, 0.25) is 0 Å². The molecule has 0 aliphatic heterocycles. The van der Waals surface area contributed by atoms with E-state index in [1.165, 1.54) is 12.1 Å². The number of hydrogen-bond acceptors (Lipinski definition) is 3. The smallest absolute Gasteiger partial charge is 0.305 e. The Kier molecular flexibility index (Phi) is 4.33. The minimum absolute atomic E-state index is 0.160. The van der Waals surface area contributed by atoms with E-state index >= 15 is 0 Å². The van der Waals surface area contributed by atoms with Crippen molar-refractivity contribution in [1.29, 1.82) is 0 Å². The molecule has 5 heteroatoms. The van der Waals surface area contributed by atoms with Gasteiger partial charge in [0.25, 0.3) is 0 Å². The SMILES string of the molecule is Cc1cc(F)cc(C)c1-c1cncc(C(N)CC(=O)O)c1. The van der Waals surface area contributed by atoms with E-state index in [1.54, 1.807) is 12.4 Å². The molecule has 0 aliphatic rings. The van der Waals surface area contributed by atoms with E-state index in [-0.39, 0.29) is 12.2 Å². The van der Waals surface area contributed by atoms with Crippen molar-refractivity contribution in [3.63, 3.8) is 0 Å². The summed E-state index contributed by atoms with van der Waals surface area (Å²) in [4.78, 5) is 14.9. The van der Waals surface area contributed by atoms with Crippen LogP contribution in [-0.4, -0.2) is 16.1 Å². The van der Waals surface area contributed by atoms with Gasteiger partial charge < -0.3 is 10.8 Å². The largest absolute Gasteiger partial charge is 0.481 e. The Morgan fingerprint density at radius 2 is 1.90 bits per heavy atom. The highest BCUT2D eigenvalue weighted by Gasteiger charge is 2.14. The van der Waals surface area contributed by atoms with Crippen molar-refractivity contribution in [1.82, 2.24) is 4.98 Å². The van der Waals surface area contributed by atoms with E-state index in [2.05, 4.69) is 4.98 Å². The molecule has 3 N–H and O–H groups in total. The number of aryl methyl sites for hydroxylation is 2. The van der Waals surface area contributed by atoms with Gasteiger partial charge in [-0.15, -0.1) is 0 Å². The average molecular weight is 288 g/mol. The summed E-state index contributed by atoms with van der Waals surface area (Å²) in [5, 5.41) is 8.81. The number of pyridine rings is 1. The lowest BCUT2D eigenvalue weighted by atomic mass is 9.94. The fourth-order valence-corrected chi connectivity index (χ4v) is 2.47. The van der Waals surface area contributed by atoms with Gasteiger partial charge in [0.2, 0.25) is 0 Å². The summed E-state index contributed by atoms with van der Waals surface area (Å²) in [5.41, 5.74) is 9.83. The number of carboxylic acids is 1. The van der Waals surface area contributed by atoms with Crippen LogP contribution in [0.3, 0.4) is 0 Å².